The molecule has 1 saturated carbocycles. The van der Waals surface area contributed by atoms with Crippen LogP contribution < -0.4 is 15.4 Å². The van der Waals surface area contributed by atoms with E-state index in [1.807, 2.05) is 32.0 Å². The van der Waals surface area contributed by atoms with E-state index in [0.717, 1.165) is 11.4 Å². The molecule has 0 bridgehead atoms. The zero-order chi connectivity index (χ0) is 14.5. The van der Waals surface area contributed by atoms with E-state index < -0.39 is 0 Å². The van der Waals surface area contributed by atoms with Gasteiger partial charge in [-0.2, -0.15) is 0 Å². The van der Waals surface area contributed by atoms with Crippen LogP contribution in [-0.4, -0.2) is 30.4 Å². The zero-order valence-corrected chi connectivity index (χ0v) is 12.5. The van der Waals surface area contributed by atoms with Crippen molar-refractivity contribution in [3.8, 4) is 5.75 Å². The molecule has 0 aliphatic heterocycles. The van der Waals surface area contributed by atoms with Crippen molar-refractivity contribution in [3.63, 3.8) is 0 Å². The van der Waals surface area contributed by atoms with Crippen LogP contribution in [-0.2, 0) is 0 Å². The summed E-state index contributed by atoms with van der Waals surface area (Å²) in [5, 5.41) is 9.33. The summed E-state index contributed by atoms with van der Waals surface area (Å²) in [7, 11) is 0. The number of anilines is 2. The molecule has 0 heterocycles. The number of nitrogens with two attached hydrogens (primary N) is 1. The predicted molar refractivity (Wildman–Crippen MR) is 83.3 cm³/mol. The van der Waals surface area contributed by atoms with Gasteiger partial charge in [0, 0.05) is 24.3 Å². The Morgan fingerprint density at radius 1 is 1.35 bits per heavy atom. The summed E-state index contributed by atoms with van der Waals surface area (Å²) in [6.45, 7) is 4.82. The lowest BCUT2D eigenvalue weighted by Gasteiger charge is -2.31. The maximum Gasteiger partial charge on any atom is 0.144 e. The summed E-state index contributed by atoms with van der Waals surface area (Å²) in [5.74, 6) is 0.735. The number of nitrogen functional groups attached to an aromatic ring is 1. The van der Waals surface area contributed by atoms with E-state index in [0.29, 0.717) is 18.3 Å². The Kier molecular flexibility index (Phi) is 5.12. The van der Waals surface area contributed by atoms with Crippen molar-refractivity contribution in [3.05, 3.63) is 18.2 Å². The van der Waals surface area contributed by atoms with Crippen LogP contribution in [0.1, 0.15) is 39.5 Å². The molecule has 0 saturated heterocycles. The van der Waals surface area contributed by atoms with Gasteiger partial charge in [0.15, 0.2) is 0 Å². The quantitative estimate of drug-likeness (QED) is 0.786. The number of rotatable bonds is 6. The van der Waals surface area contributed by atoms with Gasteiger partial charge in [0.1, 0.15) is 5.75 Å². The maximum absolute atomic E-state index is 9.33. The van der Waals surface area contributed by atoms with Gasteiger partial charge in [0.2, 0.25) is 0 Å². The highest BCUT2D eigenvalue weighted by Gasteiger charge is 2.23. The van der Waals surface area contributed by atoms with Gasteiger partial charge in [-0.3, -0.25) is 0 Å². The molecule has 1 aromatic carbocycles. The summed E-state index contributed by atoms with van der Waals surface area (Å²) in [6.07, 6.45) is 5.05. The number of nitrogens with zero attached hydrogens (tertiary/aromatic N) is 1. The highest BCUT2D eigenvalue weighted by molar-refractivity contribution is 5.62. The lowest BCUT2D eigenvalue weighted by atomic mass is 10.1. The maximum atomic E-state index is 9.33. The van der Waals surface area contributed by atoms with E-state index in [4.69, 9.17) is 10.5 Å². The first-order valence-corrected chi connectivity index (χ1v) is 7.55. The summed E-state index contributed by atoms with van der Waals surface area (Å²) < 4.78 is 5.76. The minimum Gasteiger partial charge on any atom is -0.489 e. The Hall–Kier alpha value is -1.42. The van der Waals surface area contributed by atoms with Crippen molar-refractivity contribution in [2.75, 3.05) is 23.8 Å². The van der Waals surface area contributed by atoms with Crippen molar-refractivity contribution < 1.29 is 9.84 Å². The van der Waals surface area contributed by atoms with Crippen molar-refractivity contribution in [1.82, 2.24) is 0 Å². The molecular weight excluding hydrogens is 252 g/mol. The van der Waals surface area contributed by atoms with Crippen LogP contribution in [0, 0.1) is 0 Å². The van der Waals surface area contributed by atoms with Gasteiger partial charge in [0.25, 0.3) is 0 Å². The SMILES string of the molecule is CC(C)Oc1cc(N(CCO)C2CCCC2)ccc1N. The first kappa shape index (κ1) is 15.0. The summed E-state index contributed by atoms with van der Waals surface area (Å²) in [5.41, 5.74) is 7.73. The van der Waals surface area contributed by atoms with Crippen molar-refractivity contribution in [1.29, 1.82) is 0 Å². The Morgan fingerprint density at radius 3 is 2.65 bits per heavy atom. The highest BCUT2D eigenvalue weighted by Crippen LogP contribution is 2.33. The fourth-order valence-electron chi connectivity index (χ4n) is 2.90. The van der Waals surface area contributed by atoms with E-state index in [2.05, 4.69) is 4.90 Å². The number of ether oxygens (including phenoxy) is 1. The van der Waals surface area contributed by atoms with Crippen LogP contribution in [0.25, 0.3) is 0 Å². The molecule has 1 aromatic rings. The smallest absolute Gasteiger partial charge is 0.144 e. The third-order valence-corrected chi connectivity index (χ3v) is 3.80. The molecule has 112 valence electrons. The largest absolute Gasteiger partial charge is 0.489 e. The first-order valence-electron chi connectivity index (χ1n) is 7.55. The second-order valence-electron chi connectivity index (χ2n) is 5.74. The number of aliphatic hydroxyl groups is 1. The molecule has 20 heavy (non-hydrogen) atoms. The predicted octanol–water partition coefficient (Wildman–Crippen LogP) is 2.80. The van der Waals surface area contributed by atoms with Crippen LogP contribution in [0.3, 0.4) is 0 Å². The number of aliphatic hydroxyl groups excluding tert-OH is 1. The fourth-order valence-corrected chi connectivity index (χ4v) is 2.90. The van der Waals surface area contributed by atoms with Gasteiger partial charge in [-0.25, -0.2) is 0 Å². The number of hydrogen-bond acceptors (Lipinski definition) is 4. The van der Waals surface area contributed by atoms with Gasteiger partial charge in [-0.15, -0.1) is 0 Å². The number of hydrogen-bond donors (Lipinski definition) is 2. The molecule has 1 fully saturated rings. The van der Waals surface area contributed by atoms with Crippen LogP contribution in [0.5, 0.6) is 5.75 Å². The Labute approximate surface area is 121 Å². The Bertz CT molecular complexity index is 428. The standard InChI is InChI=1S/C16H26N2O2/c1-12(2)20-16-11-14(7-8-15(16)17)18(9-10-19)13-5-3-4-6-13/h7-8,11-13,19H,3-6,9-10,17H2,1-2H3. The summed E-state index contributed by atoms with van der Waals surface area (Å²) in [4.78, 5) is 2.29. The Balaban J connectivity index is 2.23. The topological polar surface area (TPSA) is 58.7 Å². The van der Waals surface area contributed by atoms with Gasteiger partial charge >= 0.3 is 0 Å². The Morgan fingerprint density at radius 2 is 2.05 bits per heavy atom. The molecule has 0 unspecified atom stereocenters. The molecular formula is C16H26N2O2. The molecule has 3 N–H and O–H groups in total. The second-order valence-corrected chi connectivity index (χ2v) is 5.74. The van der Waals surface area contributed by atoms with Crippen molar-refractivity contribution >= 4 is 11.4 Å². The summed E-state index contributed by atoms with van der Waals surface area (Å²) >= 11 is 0. The normalized spacial score (nSPS) is 15.8. The zero-order valence-electron chi connectivity index (χ0n) is 12.5. The minimum atomic E-state index is 0.102. The first-order chi connectivity index (χ1) is 9.61. The third kappa shape index (κ3) is 3.57. The van der Waals surface area contributed by atoms with Crippen LogP contribution >= 0.6 is 0 Å². The van der Waals surface area contributed by atoms with Gasteiger partial charge < -0.3 is 20.5 Å². The number of benzene rings is 1. The lowest BCUT2D eigenvalue weighted by molar-refractivity contribution is 0.244. The van der Waals surface area contributed by atoms with Crippen LogP contribution in [0.4, 0.5) is 11.4 Å². The van der Waals surface area contributed by atoms with E-state index in [-0.39, 0.29) is 12.7 Å². The molecule has 0 aromatic heterocycles. The molecule has 2 rings (SSSR count). The molecule has 1 aliphatic rings. The van der Waals surface area contributed by atoms with Crippen LogP contribution in [0.2, 0.25) is 0 Å². The van der Waals surface area contributed by atoms with Gasteiger partial charge in [0.05, 0.1) is 18.4 Å². The third-order valence-electron chi connectivity index (χ3n) is 3.80. The van der Waals surface area contributed by atoms with Crippen molar-refractivity contribution in [2.24, 2.45) is 0 Å². The van der Waals surface area contributed by atoms with Gasteiger partial charge in [-0.05, 0) is 38.8 Å². The monoisotopic (exact) mass is 278 g/mol. The second kappa shape index (κ2) is 6.84. The van der Waals surface area contributed by atoms with E-state index in [1.54, 1.807) is 0 Å². The van der Waals surface area contributed by atoms with E-state index in [9.17, 15) is 5.11 Å². The molecule has 1 aliphatic carbocycles. The molecule has 4 nitrogen and oxygen atoms in total. The molecule has 0 spiro atoms. The van der Waals surface area contributed by atoms with Gasteiger partial charge in [-0.1, -0.05) is 12.8 Å². The molecule has 0 radical (unpaired) electrons. The van der Waals surface area contributed by atoms with E-state index in [1.165, 1.54) is 25.7 Å². The molecule has 4 heteroatoms. The fraction of sp³-hybridized carbons (Fsp3) is 0.625. The highest BCUT2D eigenvalue weighted by atomic mass is 16.5. The lowest BCUT2D eigenvalue weighted by Crippen LogP contribution is -2.35. The average molecular weight is 278 g/mol. The summed E-state index contributed by atoms with van der Waals surface area (Å²) in [6, 6.07) is 6.45. The molecule has 0 amide bonds. The molecule has 0 atom stereocenters. The average Bonchev–Trinajstić information content (AvgIpc) is 2.92. The van der Waals surface area contributed by atoms with E-state index >= 15 is 0 Å². The van der Waals surface area contributed by atoms with Crippen LogP contribution in [0.15, 0.2) is 18.2 Å². The minimum absolute atomic E-state index is 0.102. The van der Waals surface area contributed by atoms with Crippen molar-refractivity contribution in [2.45, 2.75) is 51.7 Å².